The molecular weight excluding hydrogens is 236 g/mol. The average Bonchev–Trinajstić information content (AvgIpc) is 2.33. The van der Waals surface area contributed by atoms with Gasteiger partial charge in [-0.3, -0.25) is 4.79 Å². The highest BCUT2D eigenvalue weighted by molar-refractivity contribution is 5.95. The highest BCUT2D eigenvalue weighted by atomic mass is 19.3. The number of hydrogen-bond acceptors (Lipinski definition) is 1. The van der Waals surface area contributed by atoms with Crippen molar-refractivity contribution in [1.29, 1.82) is 0 Å². The van der Waals surface area contributed by atoms with Crippen molar-refractivity contribution < 1.29 is 13.6 Å². The number of carbonyl (C=O) groups excluding carboxylic acids is 1. The summed E-state index contributed by atoms with van der Waals surface area (Å²) in [6, 6.07) is 4.59. The van der Waals surface area contributed by atoms with Crippen molar-refractivity contribution in [2.45, 2.75) is 32.6 Å². The third-order valence-electron chi connectivity index (χ3n) is 3.53. The summed E-state index contributed by atoms with van der Waals surface area (Å²) in [7, 11) is 1.68. The van der Waals surface area contributed by atoms with Crippen LogP contribution in [0.15, 0.2) is 18.2 Å². The number of benzene rings is 1. The summed E-state index contributed by atoms with van der Waals surface area (Å²) in [5.74, 6) is -3.53. The second-order valence-corrected chi connectivity index (χ2v) is 5.07. The first-order chi connectivity index (χ1) is 8.34. The predicted molar refractivity (Wildman–Crippen MR) is 66.9 cm³/mol. The monoisotopic (exact) mass is 253 g/mol. The Hall–Kier alpha value is -1.45. The van der Waals surface area contributed by atoms with Crippen molar-refractivity contribution in [3.63, 3.8) is 0 Å². The van der Waals surface area contributed by atoms with Crippen molar-refractivity contribution in [3.05, 3.63) is 29.3 Å². The van der Waals surface area contributed by atoms with Crippen LogP contribution in [-0.4, -0.2) is 13.0 Å². The quantitative estimate of drug-likeness (QED) is 0.791. The summed E-state index contributed by atoms with van der Waals surface area (Å²) < 4.78 is 27.9. The SMILES string of the molecule is CC(C)C(F)(F)c1ccc2c(c1)CCC(=O)N2C. The first-order valence-electron chi connectivity index (χ1n) is 6.12. The van der Waals surface area contributed by atoms with Gasteiger partial charge in [0.05, 0.1) is 0 Å². The second-order valence-electron chi connectivity index (χ2n) is 5.07. The highest BCUT2D eigenvalue weighted by Crippen LogP contribution is 2.38. The van der Waals surface area contributed by atoms with Crippen LogP contribution in [0.5, 0.6) is 0 Å². The number of anilines is 1. The molecule has 4 heteroatoms. The minimum Gasteiger partial charge on any atom is -0.315 e. The van der Waals surface area contributed by atoms with Gasteiger partial charge in [-0.15, -0.1) is 0 Å². The molecule has 0 spiro atoms. The molecule has 1 aliphatic rings. The molecule has 1 aromatic carbocycles. The standard InChI is InChI=1S/C14H17F2NO/c1-9(2)14(15,16)11-5-6-12-10(8-11)4-7-13(18)17(12)3/h5-6,8-9H,4,7H2,1-3H3. The van der Waals surface area contributed by atoms with E-state index in [1.165, 1.54) is 30.9 Å². The van der Waals surface area contributed by atoms with E-state index in [1.807, 2.05) is 0 Å². The molecule has 0 aliphatic carbocycles. The van der Waals surface area contributed by atoms with Crippen LogP contribution in [0.4, 0.5) is 14.5 Å². The van der Waals surface area contributed by atoms with E-state index < -0.39 is 11.8 Å². The van der Waals surface area contributed by atoms with Crippen LogP contribution < -0.4 is 4.90 Å². The summed E-state index contributed by atoms with van der Waals surface area (Å²) in [6.45, 7) is 3.02. The summed E-state index contributed by atoms with van der Waals surface area (Å²) in [6.07, 6.45) is 0.931. The Bertz CT molecular complexity index is 483. The topological polar surface area (TPSA) is 20.3 Å². The van der Waals surface area contributed by atoms with E-state index >= 15 is 0 Å². The molecule has 0 saturated carbocycles. The average molecular weight is 253 g/mol. The predicted octanol–water partition coefficient (Wildman–Crippen LogP) is 3.34. The zero-order valence-electron chi connectivity index (χ0n) is 10.8. The first-order valence-corrected chi connectivity index (χ1v) is 6.12. The van der Waals surface area contributed by atoms with E-state index in [0.717, 1.165) is 11.3 Å². The van der Waals surface area contributed by atoms with Crippen molar-refractivity contribution >= 4 is 11.6 Å². The van der Waals surface area contributed by atoms with E-state index in [2.05, 4.69) is 0 Å². The van der Waals surface area contributed by atoms with E-state index in [0.29, 0.717) is 12.8 Å². The van der Waals surface area contributed by atoms with Gasteiger partial charge in [0, 0.05) is 30.6 Å². The number of amides is 1. The lowest BCUT2D eigenvalue weighted by Gasteiger charge is -2.28. The molecule has 0 radical (unpaired) electrons. The van der Waals surface area contributed by atoms with Gasteiger partial charge in [0.25, 0.3) is 5.92 Å². The van der Waals surface area contributed by atoms with Gasteiger partial charge in [-0.05, 0) is 24.1 Å². The molecule has 1 aromatic rings. The summed E-state index contributed by atoms with van der Waals surface area (Å²) >= 11 is 0. The Kier molecular flexibility index (Phi) is 3.13. The summed E-state index contributed by atoms with van der Waals surface area (Å²) in [5.41, 5.74) is 1.61. The van der Waals surface area contributed by atoms with Gasteiger partial charge in [-0.25, -0.2) is 8.78 Å². The molecule has 0 unspecified atom stereocenters. The van der Waals surface area contributed by atoms with Crippen LogP contribution in [-0.2, 0) is 17.1 Å². The van der Waals surface area contributed by atoms with Crippen molar-refractivity contribution in [2.24, 2.45) is 5.92 Å². The van der Waals surface area contributed by atoms with E-state index in [4.69, 9.17) is 0 Å². The number of hydrogen-bond donors (Lipinski definition) is 0. The van der Waals surface area contributed by atoms with Crippen LogP contribution in [0.1, 0.15) is 31.4 Å². The van der Waals surface area contributed by atoms with Crippen molar-refractivity contribution in [2.75, 3.05) is 11.9 Å². The molecule has 1 heterocycles. The molecule has 0 aromatic heterocycles. The van der Waals surface area contributed by atoms with Gasteiger partial charge >= 0.3 is 0 Å². The zero-order valence-corrected chi connectivity index (χ0v) is 10.8. The lowest BCUT2D eigenvalue weighted by atomic mass is 9.92. The van der Waals surface area contributed by atoms with Crippen LogP contribution in [0.3, 0.4) is 0 Å². The second kappa shape index (κ2) is 4.34. The number of alkyl halides is 2. The lowest BCUT2D eigenvalue weighted by Crippen LogP contribution is -2.31. The Balaban J connectivity index is 2.43. The highest BCUT2D eigenvalue weighted by Gasteiger charge is 2.36. The van der Waals surface area contributed by atoms with E-state index in [9.17, 15) is 13.6 Å². The Morgan fingerprint density at radius 1 is 1.28 bits per heavy atom. The lowest BCUT2D eigenvalue weighted by molar-refractivity contribution is -0.118. The molecule has 0 atom stereocenters. The molecule has 0 fully saturated rings. The molecule has 18 heavy (non-hydrogen) atoms. The summed E-state index contributed by atoms with van der Waals surface area (Å²) in [5, 5.41) is 0. The van der Waals surface area contributed by atoms with Gasteiger partial charge in [0.15, 0.2) is 0 Å². The number of rotatable bonds is 2. The Labute approximate surface area is 106 Å². The fourth-order valence-electron chi connectivity index (χ4n) is 2.20. The molecule has 1 aliphatic heterocycles. The van der Waals surface area contributed by atoms with Crippen LogP contribution >= 0.6 is 0 Å². The molecule has 0 bridgehead atoms. The summed E-state index contributed by atoms with van der Waals surface area (Å²) in [4.78, 5) is 13.1. The zero-order chi connectivity index (χ0) is 13.5. The maximum absolute atomic E-state index is 13.9. The van der Waals surface area contributed by atoms with Gasteiger partial charge in [0.2, 0.25) is 5.91 Å². The first kappa shape index (κ1) is 13.0. The van der Waals surface area contributed by atoms with Gasteiger partial charge in [-0.1, -0.05) is 19.9 Å². The largest absolute Gasteiger partial charge is 0.315 e. The number of aryl methyl sites for hydroxylation is 1. The van der Waals surface area contributed by atoms with Crippen molar-refractivity contribution in [1.82, 2.24) is 0 Å². The third kappa shape index (κ3) is 2.00. The van der Waals surface area contributed by atoms with E-state index in [1.54, 1.807) is 13.1 Å². The molecular formula is C14H17F2NO. The third-order valence-corrected chi connectivity index (χ3v) is 3.53. The minimum atomic E-state index is -2.82. The number of fused-ring (bicyclic) bond motifs is 1. The number of nitrogens with zero attached hydrogens (tertiary/aromatic N) is 1. The van der Waals surface area contributed by atoms with Gasteiger partial charge in [0.1, 0.15) is 0 Å². The van der Waals surface area contributed by atoms with Crippen LogP contribution in [0, 0.1) is 5.92 Å². The Morgan fingerprint density at radius 3 is 2.56 bits per heavy atom. The minimum absolute atomic E-state index is 0.0332. The Morgan fingerprint density at radius 2 is 1.94 bits per heavy atom. The van der Waals surface area contributed by atoms with Crippen LogP contribution in [0.25, 0.3) is 0 Å². The molecule has 0 N–H and O–H groups in total. The van der Waals surface area contributed by atoms with E-state index in [-0.39, 0.29) is 11.5 Å². The molecule has 2 nitrogen and oxygen atoms in total. The van der Waals surface area contributed by atoms with Crippen LogP contribution in [0.2, 0.25) is 0 Å². The van der Waals surface area contributed by atoms with Crippen molar-refractivity contribution in [3.8, 4) is 0 Å². The number of carbonyl (C=O) groups is 1. The molecule has 98 valence electrons. The maximum Gasteiger partial charge on any atom is 0.275 e. The molecule has 0 saturated heterocycles. The fraction of sp³-hybridized carbons (Fsp3) is 0.500. The maximum atomic E-state index is 13.9. The van der Waals surface area contributed by atoms with Gasteiger partial charge in [-0.2, -0.15) is 0 Å². The molecule has 2 rings (SSSR count). The normalized spacial score (nSPS) is 16.1. The smallest absolute Gasteiger partial charge is 0.275 e. The number of halogens is 2. The van der Waals surface area contributed by atoms with Gasteiger partial charge < -0.3 is 4.90 Å². The molecule has 1 amide bonds. The fourth-order valence-corrected chi connectivity index (χ4v) is 2.20.